The molecular formula is C11H12N6S. The van der Waals surface area contributed by atoms with Crippen LogP contribution in [0.3, 0.4) is 0 Å². The molecule has 6 nitrogen and oxygen atoms in total. The first-order chi connectivity index (χ1) is 8.79. The summed E-state index contributed by atoms with van der Waals surface area (Å²) in [5, 5.41) is 19.2. The molecule has 2 aromatic rings. The monoisotopic (exact) mass is 260 g/mol. The van der Waals surface area contributed by atoms with Crippen molar-refractivity contribution in [3.05, 3.63) is 17.1 Å². The van der Waals surface area contributed by atoms with Gasteiger partial charge >= 0.3 is 0 Å². The van der Waals surface area contributed by atoms with Crippen molar-refractivity contribution < 1.29 is 0 Å². The van der Waals surface area contributed by atoms with E-state index in [0.29, 0.717) is 28.2 Å². The van der Waals surface area contributed by atoms with Crippen molar-refractivity contribution in [3.63, 3.8) is 0 Å². The third-order valence-electron chi connectivity index (χ3n) is 2.89. The molecule has 1 fully saturated rings. The van der Waals surface area contributed by atoms with Gasteiger partial charge in [-0.2, -0.15) is 9.94 Å². The summed E-state index contributed by atoms with van der Waals surface area (Å²) >= 11 is 1.43. The van der Waals surface area contributed by atoms with E-state index in [1.807, 2.05) is 5.38 Å². The average molecular weight is 260 g/mol. The standard InChI is InChI=1S/C11H12N6S/c12-5-8-9(13)17(11-14-3-4-18-11)16-10(8)15-6-7-1-2-7/h3-4,7H,1-2,6,13H2,(H,15,16). The number of thiazole rings is 1. The Labute approximate surface area is 108 Å². The first-order valence-electron chi connectivity index (χ1n) is 5.72. The summed E-state index contributed by atoms with van der Waals surface area (Å²) in [6.07, 6.45) is 4.18. The topological polar surface area (TPSA) is 92.5 Å². The van der Waals surface area contributed by atoms with Crippen LogP contribution in [-0.4, -0.2) is 21.3 Å². The summed E-state index contributed by atoms with van der Waals surface area (Å²) in [5.74, 6) is 1.60. The Morgan fingerprint density at radius 3 is 3.06 bits per heavy atom. The summed E-state index contributed by atoms with van der Waals surface area (Å²) < 4.78 is 1.51. The molecule has 0 aromatic carbocycles. The van der Waals surface area contributed by atoms with Crippen LogP contribution in [0.2, 0.25) is 0 Å². The average Bonchev–Trinajstić information content (AvgIpc) is 2.93. The van der Waals surface area contributed by atoms with Gasteiger partial charge in [0, 0.05) is 18.1 Å². The molecule has 0 unspecified atom stereocenters. The fourth-order valence-corrected chi connectivity index (χ4v) is 2.30. The lowest BCUT2D eigenvalue weighted by atomic mass is 10.3. The fourth-order valence-electron chi connectivity index (χ4n) is 1.69. The number of anilines is 2. The highest BCUT2D eigenvalue weighted by atomic mass is 32.1. The molecule has 0 bridgehead atoms. The molecule has 0 saturated heterocycles. The minimum absolute atomic E-state index is 0.339. The van der Waals surface area contributed by atoms with Gasteiger partial charge in [-0.3, -0.25) is 0 Å². The SMILES string of the molecule is N#Cc1c(NCC2CC2)nn(-c2nccs2)c1N. The molecule has 3 N–H and O–H groups in total. The second kappa shape index (κ2) is 4.31. The molecule has 0 aliphatic heterocycles. The zero-order valence-corrected chi connectivity index (χ0v) is 10.4. The van der Waals surface area contributed by atoms with Crippen LogP contribution >= 0.6 is 11.3 Å². The Morgan fingerprint density at radius 2 is 2.44 bits per heavy atom. The minimum atomic E-state index is 0.339. The number of nitrogens with one attached hydrogen (secondary N) is 1. The Hall–Kier alpha value is -2.07. The Morgan fingerprint density at radius 1 is 1.61 bits per heavy atom. The van der Waals surface area contributed by atoms with E-state index in [1.54, 1.807) is 6.20 Å². The first kappa shape index (κ1) is 11.0. The molecule has 1 aliphatic rings. The number of nitrogen functional groups attached to an aromatic ring is 1. The number of nitrogens with two attached hydrogens (primary N) is 1. The molecule has 0 spiro atoms. The Kier molecular flexibility index (Phi) is 2.64. The normalized spacial score (nSPS) is 14.4. The zero-order chi connectivity index (χ0) is 12.5. The van der Waals surface area contributed by atoms with Crippen molar-refractivity contribution in [3.8, 4) is 11.2 Å². The van der Waals surface area contributed by atoms with Crippen LogP contribution in [0.4, 0.5) is 11.6 Å². The van der Waals surface area contributed by atoms with Crippen LogP contribution in [0.25, 0.3) is 5.13 Å². The minimum Gasteiger partial charge on any atom is -0.382 e. The van der Waals surface area contributed by atoms with Gasteiger partial charge in [0.05, 0.1) is 0 Å². The summed E-state index contributed by atoms with van der Waals surface area (Å²) in [5.41, 5.74) is 6.33. The smallest absolute Gasteiger partial charge is 0.212 e. The molecule has 92 valence electrons. The zero-order valence-electron chi connectivity index (χ0n) is 9.63. The second-order valence-corrected chi connectivity index (χ2v) is 5.14. The van der Waals surface area contributed by atoms with Crippen molar-refractivity contribution in [1.82, 2.24) is 14.8 Å². The van der Waals surface area contributed by atoms with E-state index in [4.69, 9.17) is 11.0 Å². The highest BCUT2D eigenvalue weighted by molar-refractivity contribution is 7.12. The Bertz CT molecular complexity index is 590. The maximum atomic E-state index is 9.15. The van der Waals surface area contributed by atoms with Crippen molar-refractivity contribution in [2.45, 2.75) is 12.8 Å². The Balaban J connectivity index is 1.93. The third kappa shape index (κ3) is 1.91. The quantitative estimate of drug-likeness (QED) is 0.871. The molecule has 1 saturated carbocycles. The van der Waals surface area contributed by atoms with Gasteiger partial charge in [0.2, 0.25) is 5.13 Å². The summed E-state index contributed by atoms with van der Waals surface area (Å²) in [7, 11) is 0. The van der Waals surface area contributed by atoms with Crippen molar-refractivity contribution in [1.29, 1.82) is 5.26 Å². The van der Waals surface area contributed by atoms with Crippen LogP contribution in [0.1, 0.15) is 18.4 Å². The highest BCUT2D eigenvalue weighted by Crippen LogP contribution is 2.30. The maximum absolute atomic E-state index is 9.15. The fraction of sp³-hybridized carbons (Fsp3) is 0.364. The van der Waals surface area contributed by atoms with Gasteiger partial charge in [-0.05, 0) is 18.8 Å². The number of nitrogens with zero attached hydrogens (tertiary/aromatic N) is 4. The van der Waals surface area contributed by atoms with Gasteiger partial charge < -0.3 is 11.1 Å². The lowest BCUT2D eigenvalue weighted by Crippen LogP contribution is -2.05. The molecule has 1 aliphatic carbocycles. The van der Waals surface area contributed by atoms with Crippen LogP contribution < -0.4 is 11.1 Å². The summed E-state index contributed by atoms with van der Waals surface area (Å²) in [6, 6.07) is 2.10. The lowest BCUT2D eigenvalue weighted by molar-refractivity contribution is 0.850. The van der Waals surface area contributed by atoms with E-state index in [0.717, 1.165) is 6.54 Å². The van der Waals surface area contributed by atoms with Crippen LogP contribution in [0, 0.1) is 17.2 Å². The number of nitriles is 1. The second-order valence-electron chi connectivity index (χ2n) is 4.27. The van der Waals surface area contributed by atoms with E-state index >= 15 is 0 Å². The molecule has 18 heavy (non-hydrogen) atoms. The van der Waals surface area contributed by atoms with Gasteiger partial charge in [0.1, 0.15) is 17.5 Å². The van der Waals surface area contributed by atoms with E-state index in [-0.39, 0.29) is 0 Å². The van der Waals surface area contributed by atoms with E-state index in [2.05, 4.69) is 21.5 Å². The van der Waals surface area contributed by atoms with Gasteiger partial charge in [-0.1, -0.05) is 0 Å². The van der Waals surface area contributed by atoms with Gasteiger partial charge in [-0.15, -0.1) is 16.4 Å². The van der Waals surface area contributed by atoms with Crippen LogP contribution in [-0.2, 0) is 0 Å². The summed E-state index contributed by atoms with van der Waals surface area (Å²) in [6.45, 7) is 0.850. The van der Waals surface area contributed by atoms with Crippen molar-refractivity contribution in [2.75, 3.05) is 17.6 Å². The largest absolute Gasteiger partial charge is 0.382 e. The molecule has 3 rings (SSSR count). The predicted molar refractivity (Wildman–Crippen MR) is 69.6 cm³/mol. The first-order valence-corrected chi connectivity index (χ1v) is 6.60. The molecular weight excluding hydrogens is 248 g/mol. The molecule has 7 heteroatoms. The van der Waals surface area contributed by atoms with E-state index in [1.165, 1.54) is 28.9 Å². The number of hydrogen-bond donors (Lipinski definition) is 2. The number of hydrogen-bond acceptors (Lipinski definition) is 6. The van der Waals surface area contributed by atoms with Gasteiger partial charge in [0.25, 0.3) is 0 Å². The van der Waals surface area contributed by atoms with Gasteiger partial charge in [0.15, 0.2) is 5.82 Å². The lowest BCUT2D eigenvalue weighted by Gasteiger charge is -2.00. The predicted octanol–water partition coefficient (Wildman–Crippen LogP) is 1.60. The molecule has 2 aromatic heterocycles. The van der Waals surface area contributed by atoms with Crippen molar-refractivity contribution in [2.24, 2.45) is 5.92 Å². The molecule has 0 amide bonds. The maximum Gasteiger partial charge on any atom is 0.212 e. The molecule has 0 atom stereocenters. The molecule has 2 heterocycles. The summed E-state index contributed by atoms with van der Waals surface area (Å²) in [4.78, 5) is 4.15. The van der Waals surface area contributed by atoms with E-state index in [9.17, 15) is 0 Å². The van der Waals surface area contributed by atoms with Gasteiger partial charge in [-0.25, -0.2) is 4.98 Å². The number of rotatable bonds is 4. The highest BCUT2D eigenvalue weighted by Gasteiger charge is 2.23. The van der Waals surface area contributed by atoms with Crippen molar-refractivity contribution >= 4 is 23.0 Å². The van der Waals surface area contributed by atoms with E-state index < -0.39 is 0 Å². The molecule has 0 radical (unpaired) electrons. The van der Waals surface area contributed by atoms with Crippen LogP contribution in [0.15, 0.2) is 11.6 Å². The van der Waals surface area contributed by atoms with Crippen LogP contribution in [0.5, 0.6) is 0 Å². The third-order valence-corrected chi connectivity index (χ3v) is 3.64. The number of aromatic nitrogens is 3.